The lowest BCUT2D eigenvalue weighted by atomic mass is 9.67. The van der Waals surface area contributed by atoms with E-state index in [1.807, 2.05) is 0 Å². The molecule has 0 spiro atoms. The third-order valence-electron chi connectivity index (χ3n) is 4.74. The van der Waals surface area contributed by atoms with Gasteiger partial charge in [-0.15, -0.1) is 0 Å². The Morgan fingerprint density at radius 2 is 2.19 bits per heavy atom. The van der Waals surface area contributed by atoms with E-state index in [9.17, 15) is 14.4 Å². The predicted octanol–water partition coefficient (Wildman–Crippen LogP) is 0.551. The van der Waals surface area contributed by atoms with Crippen LogP contribution in [-0.2, 0) is 9.59 Å². The van der Waals surface area contributed by atoms with Gasteiger partial charge in [0.25, 0.3) is 0 Å². The Morgan fingerprint density at radius 1 is 1.48 bits per heavy atom. The van der Waals surface area contributed by atoms with Crippen LogP contribution in [0.3, 0.4) is 0 Å². The van der Waals surface area contributed by atoms with Gasteiger partial charge >= 0.3 is 12.0 Å². The third-order valence-corrected chi connectivity index (χ3v) is 4.74. The molecule has 7 heteroatoms. The lowest BCUT2D eigenvalue weighted by Gasteiger charge is -2.42. The van der Waals surface area contributed by atoms with Crippen LogP contribution in [0.1, 0.15) is 39.0 Å². The highest BCUT2D eigenvalue weighted by Gasteiger charge is 2.38. The molecule has 0 aromatic carbocycles. The fourth-order valence-electron chi connectivity index (χ4n) is 3.02. The second-order valence-corrected chi connectivity index (χ2v) is 5.96. The highest BCUT2D eigenvalue weighted by atomic mass is 16.4. The molecule has 3 amide bonds. The predicted molar refractivity (Wildman–Crippen MR) is 75.7 cm³/mol. The summed E-state index contributed by atoms with van der Waals surface area (Å²) in [5.41, 5.74) is 0.190. The van der Waals surface area contributed by atoms with E-state index in [2.05, 4.69) is 17.6 Å². The first-order chi connectivity index (χ1) is 9.97. The number of hydrogen-bond donors (Lipinski definition) is 3. The summed E-state index contributed by atoms with van der Waals surface area (Å²) in [5, 5.41) is 14.4. The minimum atomic E-state index is -1.08. The van der Waals surface area contributed by atoms with Crippen LogP contribution in [-0.4, -0.2) is 53.6 Å². The standard InChI is InChI=1S/C14H23N3O4/c1-2-14(4-3-5-14)9-16-13(21)17-7-6-15-12(20)10(17)8-11(18)19/h10H,2-9H2,1H3,(H,15,20)(H,16,21)(H,18,19). The molecule has 1 aliphatic carbocycles. The highest BCUT2D eigenvalue weighted by molar-refractivity contribution is 5.91. The topological polar surface area (TPSA) is 98.7 Å². The van der Waals surface area contributed by atoms with Crippen molar-refractivity contribution in [2.24, 2.45) is 5.41 Å². The molecule has 1 atom stereocenters. The summed E-state index contributed by atoms with van der Waals surface area (Å²) in [7, 11) is 0. The number of nitrogens with zero attached hydrogens (tertiary/aromatic N) is 1. The van der Waals surface area contributed by atoms with Crippen molar-refractivity contribution in [2.75, 3.05) is 19.6 Å². The highest BCUT2D eigenvalue weighted by Crippen LogP contribution is 2.43. The number of hydrogen-bond acceptors (Lipinski definition) is 3. The maximum Gasteiger partial charge on any atom is 0.318 e. The summed E-state index contributed by atoms with van der Waals surface area (Å²) in [6.45, 7) is 3.42. The second kappa shape index (κ2) is 6.32. The molecule has 118 valence electrons. The average molecular weight is 297 g/mol. The Hall–Kier alpha value is -1.79. The molecule has 0 bridgehead atoms. The number of urea groups is 1. The molecule has 2 fully saturated rings. The molecule has 0 radical (unpaired) electrons. The molecule has 3 N–H and O–H groups in total. The molecule has 0 aromatic rings. The molecule has 1 heterocycles. The SMILES string of the molecule is CCC1(CNC(=O)N2CCNC(=O)C2CC(=O)O)CCC1. The third kappa shape index (κ3) is 3.46. The second-order valence-electron chi connectivity index (χ2n) is 5.96. The minimum absolute atomic E-state index is 0.190. The Morgan fingerprint density at radius 3 is 2.71 bits per heavy atom. The largest absolute Gasteiger partial charge is 0.481 e. The summed E-state index contributed by atoms with van der Waals surface area (Å²) in [4.78, 5) is 36.3. The van der Waals surface area contributed by atoms with Gasteiger partial charge in [-0.3, -0.25) is 9.59 Å². The van der Waals surface area contributed by atoms with Crippen molar-refractivity contribution in [2.45, 2.75) is 45.1 Å². The Balaban J connectivity index is 1.95. The van der Waals surface area contributed by atoms with Crippen LogP contribution in [0.15, 0.2) is 0 Å². The van der Waals surface area contributed by atoms with Crippen LogP contribution in [0.25, 0.3) is 0 Å². The Labute approximate surface area is 124 Å². The van der Waals surface area contributed by atoms with Crippen molar-refractivity contribution in [3.8, 4) is 0 Å². The lowest BCUT2D eigenvalue weighted by molar-refractivity contribution is -0.142. The fraction of sp³-hybridized carbons (Fsp3) is 0.786. The van der Waals surface area contributed by atoms with Crippen LogP contribution >= 0.6 is 0 Å². The van der Waals surface area contributed by atoms with E-state index in [4.69, 9.17) is 5.11 Å². The van der Waals surface area contributed by atoms with Crippen LogP contribution < -0.4 is 10.6 Å². The molecule has 0 aromatic heterocycles. The van der Waals surface area contributed by atoms with E-state index >= 15 is 0 Å². The number of carbonyl (C=O) groups is 3. The summed E-state index contributed by atoms with van der Waals surface area (Å²) >= 11 is 0. The summed E-state index contributed by atoms with van der Waals surface area (Å²) in [5.74, 6) is -1.48. The van der Waals surface area contributed by atoms with Crippen molar-refractivity contribution in [1.29, 1.82) is 0 Å². The molecule has 1 saturated carbocycles. The fourth-order valence-corrected chi connectivity index (χ4v) is 3.02. The van der Waals surface area contributed by atoms with Gasteiger partial charge in [0.1, 0.15) is 6.04 Å². The van der Waals surface area contributed by atoms with E-state index in [1.54, 1.807) is 0 Å². The lowest BCUT2D eigenvalue weighted by Crippen LogP contribution is -2.60. The zero-order valence-electron chi connectivity index (χ0n) is 12.4. The van der Waals surface area contributed by atoms with Gasteiger partial charge < -0.3 is 20.6 Å². The smallest absolute Gasteiger partial charge is 0.318 e. The zero-order chi connectivity index (χ0) is 15.5. The number of aliphatic carboxylic acids is 1. The van der Waals surface area contributed by atoms with E-state index in [0.717, 1.165) is 19.3 Å². The molecular formula is C14H23N3O4. The van der Waals surface area contributed by atoms with Gasteiger partial charge in [0.2, 0.25) is 5.91 Å². The maximum absolute atomic E-state index is 12.3. The molecule has 2 rings (SSSR count). The summed E-state index contributed by atoms with van der Waals surface area (Å²) in [6, 6.07) is -1.26. The normalized spacial score (nSPS) is 24.0. The van der Waals surface area contributed by atoms with Crippen molar-refractivity contribution in [3.63, 3.8) is 0 Å². The van der Waals surface area contributed by atoms with E-state index in [0.29, 0.717) is 19.6 Å². The first-order valence-corrected chi connectivity index (χ1v) is 7.51. The van der Waals surface area contributed by atoms with E-state index in [-0.39, 0.29) is 17.9 Å². The van der Waals surface area contributed by atoms with Gasteiger partial charge in [0.15, 0.2) is 0 Å². The molecule has 7 nitrogen and oxygen atoms in total. The van der Waals surface area contributed by atoms with Gasteiger partial charge in [0.05, 0.1) is 6.42 Å². The molecular weight excluding hydrogens is 274 g/mol. The van der Waals surface area contributed by atoms with Gasteiger partial charge in [-0.25, -0.2) is 4.79 Å². The van der Waals surface area contributed by atoms with E-state index < -0.39 is 17.9 Å². The molecule has 1 unspecified atom stereocenters. The van der Waals surface area contributed by atoms with Gasteiger partial charge in [-0.05, 0) is 24.7 Å². The Kier molecular flexibility index (Phi) is 4.69. The van der Waals surface area contributed by atoms with Crippen LogP contribution in [0, 0.1) is 5.41 Å². The van der Waals surface area contributed by atoms with Crippen LogP contribution in [0.2, 0.25) is 0 Å². The average Bonchev–Trinajstić information content (AvgIpc) is 2.39. The van der Waals surface area contributed by atoms with Gasteiger partial charge in [-0.1, -0.05) is 13.3 Å². The van der Waals surface area contributed by atoms with Crippen LogP contribution in [0.5, 0.6) is 0 Å². The Bertz CT molecular complexity index is 428. The van der Waals surface area contributed by atoms with Crippen molar-refractivity contribution in [1.82, 2.24) is 15.5 Å². The number of carboxylic acid groups (broad SMARTS) is 1. The number of nitrogens with one attached hydrogen (secondary N) is 2. The number of piperazine rings is 1. The number of rotatable bonds is 5. The van der Waals surface area contributed by atoms with Crippen molar-refractivity contribution in [3.05, 3.63) is 0 Å². The monoisotopic (exact) mass is 297 g/mol. The quantitative estimate of drug-likeness (QED) is 0.690. The first-order valence-electron chi connectivity index (χ1n) is 7.51. The number of carbonyl (C=O) groups excluding carboxylic acids is 2. The first kappa shape index (κ1) is 15.6. The summed E-state index contributed by atoms with van der Waals surface area (Å²) < 4.78 is 0. The van der Waals surface area contributed by atoms with Gasteiger partial charge in [-0.2, -0.15) is 0 Å². The molecule has 2 aliphatic rings. The molecule has 1 saturated heterocycles. The number of carboxylic acids is 1. The number of amides is 3. The van der Waals surface area contributed by atoms with Crippen LogP contribution in [0.4, 0.5) is 4.79 Å². The summed E-state index contributed by atoms with van der Waals surface area (Å²) in [6.07, 6.45) is 4.08. The van der Waals surface area contributed by atoms with Crippen molar-refractivity contribution < 1.29 is 19.5 Å². The van der Waals surface area contributed by atoms with Gasteiger partial charge in [0, 0.05) is 19.6 Å². The zero-order valence-corrected chi connectivity index (χ0v) is 12.4. The minimum Gasteiger partial charge on any atom is -0.481 e. The van der Waals surface area contributed by atoms with Crippen molar-refractivity contribution >= 4 is 17.9 Å². The molecule has 1 aliphatic heterocycles. The molecule has 21 heavy (non-hydrogen) atoms. The maximum atomic E-state index is 12.3. The van der Waals surface area contributed by atoms with E-state index in [1.165, 1.54) is 11.3 Å².